The molecule has 0 saturated heterocycles. The topological polar surface area (TPSA) is 4.36 Å². The Labute approximate surface area is 65.1 Å². The maximum atomic E-state index is 6.59. The van der Waals surface area contributed by atoms with Crippen LogP contribution in [0.5, 0.6) is 0 Å². The van der Waals surface area contributed by atoms with E-state index >= 15 is 0 Å². The minimum atomic E-state index is 0.442. The predicted molar refractivity (Wildman–Crippen MR) is 41.8 cm³/mol. The van der Waals surface area contributed by atoms with Gasteiger partial charge < -0.3 is 4.85 Å². The van der Waals surface area contributed by atoms with Crippen LogP contribution in [-0.4, -0.2) is 0 Å². The van der Waals surface area contributed by atoms with Gasteiger partial charge in [-0.15, -0.1) is 0 Å². The highest BCUT2D eigenvalue weighted by Crippen LogP contribution is 2.09. The number of halogens is 1. The summed E-state index contributed by atoms with van der Waals surface area (Å²) < 4.78 is 0. The monoisotopic (exact) mass is 151 g/mol. The largest absolute Gasteiger partial charge is 0.312 e. The summed E-state index contributed by atoms with van der Waals surface area (Å²) >= 11 is 5.63. The lowest BCUT2D eigenvalue weighted by atomic mass is 10.2. The molecule has 1 aromatic carbocycles. The molecule has 0 aliphatic carbocycles. The van der Waals surface area contributed by atoms with Crippen LogP contribution in [0.1, 0.15) is 5.56 Å². The van der Waals surface area contributed by atoms with Crippen molar-refractivity contribution in [2.45, 2.75) is 6.54 Å². The normalized spacial score (nSPS) is 8.80. The van der Waals surface area contributed by atoms with Crippen LogP contribution in [0.4, 0.5) is 0 Å². The maximum Gasteiger partial charge on any atom is 0.239 e. The second-order valence-electron chi connectivity index (χ2n) is 1.94. The first-order valence-electron chi connectivity index (χ1n) is 2.90. The van der Waals surface area contributed by atoms with Gasteiger partial charge in [0.2, 0.25) is 6.54 Å². The molecular formula is C8H6ClN. The van der Waals surface area contributed by atoms with E-state index in [1.165, 1.54) is 0 Å². The molecule has 1 aromatic rings. The average molecular weight is 152 g/mol. The van der Waals surface area contributed by atoms with Crippen LogP contribution in [0.15, 0.2) is 24.3 Å². The second kappa shape index (κ2) is 3.24. The number of benzene rings is 1. The van der Waals surface area contributed by atoms with Gasteiger partial charge in [-0.2, -0.15) is 0 Å². The van der Waals surface area contributed by atoms with Crippen LogP contribution in [-0.2, 0) is 6.54 Å². The molecule has 0 spiro atoms. The Balaban J connectivity index is 2.81. The third-order valence-electron chi connectivity index (χ3n) is 1.17. The molecule has 0 heterocycles. The molecule has 10 heavy (non-hydrogen) atoms. The van der Waals surface area contributed by atoms with E-state index in [4.69, 9.17) is 18.2 Å². The summed E-state index contributed by atoms with van der Waals surface area (Å²) in [6.07, 6.45) is 0. The van der Waals surface area contributed by atoms with Crippen LogP contribution in [0, 0.1) is 6.57 Å². The molecule has 0 amide bonds. The fraction of sp³-hybridized carbons (Fsp3) is 0.125. The SMILES string of the molecule is [C-]#[N+]Cc1ccc(Cl)cc1. The molecule has 0 atom stereocenters. The van der Waals surface area contributed by atoms with E-state index in [1.807, 2.05) is 12.1 Å². The molecule has 0 aromatic heterocycles. The zero-order valence-corrected chi connectivity index (χ0v) is 6.10. The summed E-state index contributed by atoms with van der Waals surface area (Å²) in [5.74, 6) is 0. The van der Waals surface area contributed by atoms with Crippen molar-refractivity contribution in [1.82, 2.24) is 0 Å². The molecule has 0 N–H and O–H groups in total. The lowest BCUT2D eigenvalue weighted by Crippen LogP contribution is -1.75. The van der Waals surface area contributed by atoms with Gasteiger partial charge in [0.1, 0.15) is 0 Å². The molecule has 1 nitrogen and oxygen atoms in total. The fourth-order valence-electron chi connectivity index (χ4n) is 0.681. The van der Waals surface area contributed by atoms with Crippen LogP contribution in [0.25, 0.3) is 4.85 Å². The van der Waals surface area contributed by atoms with Crippen LogP contribution in [0.3, 0.4) is 0 Å². The zero-order chi connectivity index (χ0) is 7.40. The third kappa shape index (κ3) is 1.75. The molecule has 0 bridgehead atoms. The first-order valence-corrected chi connectivity index (χ1v) is 3.28. The van der Waals surface area contributed by atoms with Gasteiger partial charge in [-0.3, -0.25) is 0 Å². The molecule has 0 aliphatic heterocycles. The molecule has 0 aliphatic rings. The van der Waals surface area contributed by atoms with Crippen LogP contribution in [0.2, 0.25) is 5.02 Å². The average Bonchev–Trinajstić information content (AvgIpc) is 1.95. The van der Waals surface area contributed by atoms with Gasteiger partial charge in [-0.1, -0.05) is 23.7 Å². The Kier molecular flexibility index (Phi) is 2.30. The van der Waals surface area contributed by atoms with Crippen molar-refractivity contribution in [3.63, 3.8) is 0 Å². The van der Waals surface area contributed by atoms with Gasteiger partial charge >= 0.3 is 0 Å². The lowest BCUT2D eigenvalue weighted by molar-refractivity contribution is 1.27. The summed E-state index contributed by atoms with van der Waals surface area (Å²) in [5, 5.41) is 0.716. The predicted octanol–water partition coefficient (Wildman–Crippen LogP) is 2.76. The van der Waals surface area contributed by atoms with E-state index in [1.54, 1.807) is 12.1 Å². The summed E-state index contributed by atoms with van der Waals surface area (Å²) in [5.41, 5.74) is 1.01. The van der Waals surface area contributed by atoms with Crippen molar-refractivity contribution in [3.05, 3.63) is 46.3 Å². The first kappa shape index (κ1) is 7.11. The molecule has 50 valence electrons. The van der Waals surface area contributed by atoms with E-state index in [2.05, 4.69) is 4.85 Å². The molecule has 0 unspecified atom stereocenters. The van der Waals surface area contributed by atoms with Gasteiger partial charge in [0, 0.05) is 10.6 Å². The Morgan fingerprint density at radius 2 is 1.90 bits per heavy atom. The van der Waals surface area contributed by atoms with Gasteiger partial charge in [-0.25, -0.2) is 6.57 Å². The van der Waals surface area contributed by atoms with Gasteiger partial charge in [0.25, 0.3) is 0 Å². The smallest absolute Gasteiger partial charge is 0.239 e. The summed E-state index contributed by atoms with van der Waals surface area (Å²) in [6, 6.07) is 7.31. The Morgan fingerprint density at radius 3 is 2.40 bits per heavy atom. The molecule has 2 heteroatoms. The first-order chi connectivity index (χ1) is 4.83. The van der Waals surface area contributed by atoms with E-state index < -0.39 is 0 Å². The fourth-order valence-corrected chi connectivity index (χ4v) is 0.807. The van der Waals surface area contributed by atoms with Crippen molar-refractivity contribution in [3.8, 4) is 0 Å². The van der Waals surface area contributed by atoms with Gasteiger partial charge in [-0.05, 0) is 12.1 Å². The van der Waals surface area contributed by atoms with Crippen LogP contribution < -0.4 is 0 Å². The number of rotatable bonds is 1. The Morgan fingerprint density at radius 1 is 1.30 bits per heavy atom. The summed E-state index contributed by atoms with van der Waals surface area (Å²) in [7, 11) is 0. The Bertz CT molecular complexity index is 245. The van der Waals surface area contributed by atoms with E-state index in [0.717, 1.165) is 5.56 Å². The standard InChI is InChI=1S/C8H6ClN/c1-10-6-7-2-4-8(9)5-3-7/h2-5H,6H2. The molecular weight excluding hydrogens is 146 g/mol. The minimum Gasteiger partial charge on any atom is -0.312 e. The quantitative estimate of drug-likeness (QED) is 0.544. The van der Waals surface area contributed by atoms with Crippen molar-refractivity contribution < 1.29 is 0 Å². The van der Waals surface area contributed by atoms with Gasteiger partial charge in [0.15, 0.2) is 0 Å². The van der Waals surface area contributed by atoms with Crippen LogP contribution >= 0.6 is 11.6 Å². The lowest BCUT2D eigenvalue weighted by Gasteiger charge is -1.89. The number of hydrogen-bond donors (Lipinski definition) is 0. The minimum absolute atomic E-state index is 0.442. The molecule has 0 saturated carbocycles. The summed E-state index contributed by atoms with van der Waals surface area (Å²) in [4.78, 5) is 3.24. The molecule has 0 radical (unpaired) electrons. The summed E-state index contributed by atoms with van der Waals surface area (Å²) in [6.45, 7) is 7.03. The maximum absolute atomic E-state index is 6.59. The zero-order valence-electron chi connectivity index (χ0n) is 5.34. The third-order valence-corrected chi connectivity index (χ3v) is 1.43. The van der Waals surface area contributed by atoms with Crippen molar-refractivity contribution >= 4 is 11.6 Å². The van der Waals surface area contributed by atoms with E-state index in [-0.39, 0.29) is 0 Å². The molecule has 0 fully saturated rings. The highest BCUT2D eigenvalue weighted by atomic mass is 35.5. The Hall–Kier alpha value is -1.00. The van der Waals surface area contributed by atoms with E-state index in [0.29, 0.717) is 11.6 Å². The molecule has 1 rings (SSSR count). The number of nitrogens with zero attached hydrogens (tertiary/aromatic N) is 1. The second-order valence-corrected chi connectivity index (χ2v) is 2.38. The van der Waals surface area contributed by atoms with Crippen molar-refractivity contribution in [2.75, 3.05) is 0 Å². The van der Waals surface area contributed by atoms with Crippen molar-refractivity contribution in [2.24, 2.45) is 0 Å². The highest BCUT2D eigenvalue weighted by Gasteiger charge is 1.92. The highest BCUT2D eigenvalue weighted by molar-refractivity contribution is 6.30. The van der Waals surface area contributed by atoms with E-state index in [9.17, 15) is 0 Å². The van der Waals surface area contributed by atoms with Crippen molar-refractivity contribution in [1.29, 1.82) is 0 Å². The van der Waals surface area contributed by atoms with Gasteiger partial charge in [0.05, 0.1) is 0 Å². The number of hydrogen-bond acceptors (Lipinski definition) is 0.